The molecule has 2 unspecified atom stereocenters. The summed E-state index contributed by atoms with van der Waals surface area (Å²) < 4.78 is 16.2. The molecule has 19 heavy (non-hydrogen) atoms. The van der Waals surface area contributed by atoms with Crippen LogP contribution in [0.4, 0.5) is 0 Å². The van der Waals surface area contributed by atoms with Crippen molar-refractivity contribution in [3.05, 3.63) is 17.7 Å². The predicted molar refractivity (Wildman–Crippen MR) is 77.1 cm³/mol. The highest BCUT2D eigenvalue weighted by Crippen LogP contribution is 2.43. The van der Waals surface area contributed by atoms with E-state index in [9.17, 15) is 0 Å². The Hall–Kier alpha value is -1.82. The van der Waals surface area contributed by atoms with Crippen LogP contribution in [0, 0.1) is 17.8 Å². The Morgan fingerprint density at radius 1 is 0.947 bits per heavy atom. The van der Waals surface area contributed by atoms with Crippen LogP contribution in [0.3, 0.4) is 0 Å². The van der Waals surface area contributed by atoms with Crippen molar-refractivity contribution in [3.8, 4) is 29.1 Å². The first-order chi connectivity index (χ1) is 9.10. The van der Waals surface area contributed by atoms with Gasteiger partial charge in [0.15, 0.2) is 11.5 Å². The van der Waals surface area contributed by atoms with Gasteiger partial charge in [-0.3, -0.25) is 0 Å². The Kier molecular flexibility index (Phi) is 5.57. The van der Waals surface area contributed by atoms with Crippen LogP contribution in [0.2, 0.25) is 0 Å². The highest BCUT2D eigenvalue weighted by atomic mass is 16.5. The molecule has 3 nitrogen and oxygen atoms in total. The molecule has 2 atom stereocenters. The van der Waals surface area contributed by atoms with Crippen LogP contribution in [0.25, 0.3) is 0 Å². The number of rotatable bonds is 5. The van der Waals surface area contributed by atoms with E-state index in [0.29, 0.717) is 11.5 Å². The van der Waals surface area contributed by atoms with Gasteiger partial charge in [0.25, 0.3) is 0 Å². The van der Waals surface area contributed by atoms with Gasteiger partial charge in [0, 0.05) is 11.5 Å². The van der Waals surface area contributed by atoms with E-state index in [1.807, 2.05) is 19.1 Å². The zero-order valence-electron chi connectivity index (χ0n) is 12.5. The average Bonchev–Trinajstić information content (AvgIpc) is 2.44. The second kappa shape index (κ2) is 6.94. The minimum atomic E-state index is 0.247. The van der Waals surface area contributed by atoms with Gasteiger partial charge < -0.3 is 14.2 Å². The SMILES string of the molecule is CC#CC(C)C(C)c1ccc(OC)c(OC)c1OC. The molecule has 0 aliphatic rings. The lowest BCUT2D eigenvalue weighted by molar-refractivity contribution is 0.320. The van der Waals surface area contributed by atoms with Crippen molar-refractivity contribution in [2.24, 2.45) is 5.92 Å². The molecule has 0 N–H and O–H groups in total. The number of methoxy groups -OCH3 is 3. The summed E-state index contributed by atoms with van der Waals surface area (Å²) in [7, 11) is 4.87. The lowest BCUT2D eigenvalue weighted by Gasteiger charge is -2.21. The van der Waals surface area contributed by atoms with Gasteiger partial charge in [-0.2, -0.15) is 0 Å². The largest absolute Gasteiger partial charge is 0.493 e. The fourth-order valence-electron chi connectivity index (χ4n) is 2.10. The molecule has 1 aromatic carbocycles. The molecule has 1 aromatic rings. The summed E-state index contributed by atoms with van der Waals surface area (Å²) in [4.78, 5) is 0. The smallest absolute Gasteiger partial charge is 0.203 e. The first-order valence-electron chi connectivity index (χ1n) is 6.31. The van der Waals surface area contributed by atoms with E-state index in [4.69, 9.17) is 14.2 Å². The van der Waals surface area contributed by atoms with E-state index in [0.717, 1.165) is 11.3 Å². The summed E-state index contributed by atoms with van der Waals surface area (Å²) in [5.41, 5.74) is 1.08. The Balaban J connectivity index is 3.30. The Bertz CT molecular complexity index is 483. The summed E-state index contributed by atoms with van der Waals surface area (Å²) in [6.07, 6.45) is 0. The molecule has 0 aliphatic heterocycles. The number of hydrogen-bond acceptors (Lipinski definition) is 3. The number of benzene rings is 1. The lowest BCUT2D eigenvalue weighted by Crippen LogP contribution is -2.07. The van der Waals surface area contributed by atoms with E-state index in [2.05, 4.69) is 25.7 Å². The summed E-state index contributed by atoms with van der Waals surface area (Å²) in [6.45, 7) is 6.10. The van der Waals surface area contributed by atoms with Crippen molar-refractivity contribution in [1.29, 1.82) is 0 Å². The van der Waals surface area contributed by atoms with E-state index < -0.39 is 0 Å². The molecular weight excluding hydrogens is 240 g/mol. The maximum atomic E-state index is 5.51. The summed E-state index contributed by atoms with van der Waals surface area (Å²) in [5.74, 6) is 8.67. The molecule has 0 amide bonds. The molecule has 0 saturated carbocycles. The van der Waals surface area contributed by atoms with E-state index in [-0.39, 0.29) is 11.8 Å². The molecule has 0 aliphatic carbocycles. The van der Waals surface area contributed by atoms with Gasteiger partial charge in [0.05, 0.1) is 21.3 Å². The van der Waals surface area contributed by atoms with Crippen molar-refractivity contribution in [2.75, 3.05) is 21.3 Å². The molecule has 0 heterocycles. The second-order valence-electron chi connectivity index (χ2n) is 4.40. The molecule has 0 fully saturated rings. The summed E-state index contributed by atoms with van der Waals surface area (Å²) in [5, 5.41) is 0. The van der Waals surface area contributed by atoms with Crippen LogP contribution < -0.4 is 14.2 Å². The van der Waals surface area contributed by atoms with Crippen LogP contribution in [0.15, 0.2) is 12.1 Å². The molecule has 3 heteroatoms. The third kappa shape index (κ3) is 3.14. The van der Waals surface area contributed by atoms with Crippen LogP contribution in [-0.2, 0) is 0 Å². The molecule has 0 saturated heterocycles. The van der Waals surface area contributed by atoms with Gasteiger partial charge in [-0.1, -0.05) is 25.8 Å². The van der Waals surface area contributed by atoms with E-state index in [1.54, 1.807) is 21.3 Å². The predicted octanol–water partition coefficient (Wildman–Crippen LogP) is 3.48. The topological polar surface area (TPSA) is 27.7 Å². The first kappa shape index (κ1) is 15.2. The maximum absolute atomic E-state index is 5.51. The Labute approximate surface area is 115 Å². The van der Waals surface area contributed by atoms with Gasteiger partial charge in [-0.25, -0.2) is 0 Å². The van der Waals surface area contributed by atoms with Crippen molar-refractivity contribution in [2.45, 2.75) is 26.7 Å². The van der Waals surface area contributed by atoms with Crippen LogP contribution in [-0.4, -0.2) is 21.3 Å². The maximum Gasteiger partial charge on any atom is 0.203 e. The normalized spacial score (nSPS) is 12.9. The standard InChI is InChI=1S/C16H22O3/c1-7-8-11(2)12(3)13-9-10-14(17-4)16(19-6)15(13)18-5/h9-12H,1-6H3. The van der Waals surface area contributed by atoms with E-state index >= 15 is 0 Å². The van der Waals surface area contributed by atoms with Gasteiger partial charge in [0.2, 0.25) is 5.75 Å². The zero-order chi connectivity index (χ0) is 14.4. The third-order valence-electron chi connectivity index (χ3n) is 3.35. The molecular formula is C16H22O3. The van der Waals surface area contributed by atoms with E-state index in [1.165, 1.54) is 0 Å². The Morgan fingerprint density at radius 3 is 2.05 bits per heavy atom. The van der Waals surface area contributed by atoms with Crippen molar-refractivity contribution in [1.82, 2.24) is 0 Å². The average molecular weight is 262 g/mol. The highest BCUT2D eigenvalue weighted by Gasteiger charge is 2.22. The van der Waals surface area contributed by atoms with Crippen molar-refractivity contribution in [3.63, 3.8) is 0 Å². The van der Waals surface area contributed by atoms with Gasteiger partial charge in [-0.05, 0) is 18.9 Å². The van der Waals surface area contributed by atoms with Gasteiger partial charge >= 0.3 is 0 Å². The van der Waals surface area contributed by atoms with Crippen LogP contribution >= 0.6 is 0 Å². The molecule has 0 spiro atoms. The number of hydrogen-bond donors (Lipinski definition) is 0. The van der Waals surface area contributed by atoms with Gasteiger partial charge in [-0.15, -0.1) is 5.92 Å². The lowest BCUT2D eigenvalue weighted by atomic mass is 9.88. The van der Waals surface area contributed by atoms with Crippen molar-refractivity contribution < 1.29 is 14.2 Å². The molecule has 0 aromatic heterocycles. The number of ether oxygens (including phenoxy) is 3. The molecule has 0 radical (unpaired) electrons. The van der Waals surface area contributed by atoms with Crippen LogP contribution in [0.5, 0.6) is 17.2 Å². The second-order valence-corrected chi connectivity index (χ2v) is 4.40. The minimum absolute atomic E-state index is 0.247. The molecule has 104 valence electrons. The highest BCUT2D eigenvalue weighted by molar-refractivity contribution is 5.57. The van der Waals surface area contributed by atoms with Gasteiger partial charge in [0.1, 0.15) is 0 Å². The Morgan fingerprint density at radius 2 is 1.58 bits per heavy atom. The zero-order valence-corrected chi connectivity index (χ0v) is 12.5. The summed E-state index contributed by atoms with van der Waals surface area (Å²) in [6, 6.07) is 3.91. The first-order valence-corrected chi connectivity index (χ1v) is 6.31. The summed E-state index contributed by atoms with van der Waals surface area (Å²) >= 11 is 0. The fraction of sp³-hybridized carbons (Fsp3) is 0.500. The monoisotopic (exact) mass is 262 g/mol. The molecule has 0 bridgehead atoms. The third-order valence-corrected chi connectivity index (χ3v) is 3.35. The fourth-order valence-corrected chi connectivity index (χ4v) is 2.10. The quantitative estimate of drug-likeness (QED) is 0.760. The molecule has 1 rings (SSSR count). The minimum Gasteiger partial charge on any atom is -0.493 e. The van der Waals surface area contributed by atoms with Crippen molar-refractivity contribution >= 4 is 0 Å². The van der Waals surface area contributed by atoms with Crippen LogP contribution in [0.1, 0.15) is 32.3 Å².